The second kappa shape index (κ2) is 16.6. The molecule has 0 aliphatic heterocycles. The van der Waals surface area contributed by atoms with Gasteiger partial charge in [0.2, 0.25) is 0 Å². The molecular formula is C30H39O2P. The molecule has 0 aromatic heterocycles. The second-order valence-corrected chi connectivity index (χ2v) is 10.2. The van der Waals surface area contributed by atoms with E-state index < -0.39 is 8.38 Å². The van der Waals surface area contributed by atoms with Gasteiger partial charge in [0.25, 0.3) is 0 Å². The molecule has 0 fully saturated rings. The lowest BCUT2D eigenvalue weighted by molar-refractivity contribution is 0.241. The van der Waals surface area contributed by atoms with Crippen LogP contribution in [-0.4, -0.2) is 19.4 Å². The van der Waals surface area contributed by atoms with Gasteiger partial charge in [0.1, 0.15) is 0 Å². The minimum absolute atomic E-state index is 0.783. The summed E-state index contributed by atoms with van der Waals surface area (Å²) >= 11 is 0. The molecule has 33 heavy (non-hydrogen) atoms. The maximum Gasteiger partial charge on any atom is 0.170 e. The zero-order valence-electron chi connectivity index (χ0n) is 19.9. The van der Waals surface area contributed by atoms with Gasteiger partial charge in [-0.1, -0.05) is 91.0 Å². The lowest BCUT2D eigenvalue weighted by Crippen LogP contribution is -2.01. The Hall–Kier alpha value is -1.99. The van der Waals surface area contributed by atoms with Crippen molar-refractivity contribution in [1.82, 2.24) is 0 Å². The zero-order chi connectivity index (χ0) is 22.8. The molecule has 3 aromatic rings. The molecule has 176 valence electrons. The highest BCUT2D eigenvalue weighted by Crippen LogP contribution is 2.40. The molecule has 0 aliphatic carbocycles. The Kier molecular flexibility index (Phi) is 12.9. The van der Waals surface area contributed by atoms with Gasteiger partial charge in [-0.2, -0.15) is 0 Å². The van der Waals surface area contributed by atoms with Crippen LogP contribution in [0, 0.1) is 0 Å². The van der Waals surface area contributed by atoms with Crippen molar-refractivity contribution < 1.29 is 9.05 Å². The molecule has 0 spiro atoms. The smallest absolute Gasteiger partial charge is 0.170 e. The molecule has 0 N–H and O–H groups in total. The van der Waals surface area contributed by atoms with Gasteiger partial charge in [0.05, 0.1) is 13.2 Å². The molecule has 0 amide bonds. The second-order valence-electron chi connectivity index (χ2n) is 8.55. The predicted molar refractivity (Wildman–Crippen MR) is 142 cm³/mol. The Balaban J connectivity index is 1.32. The van der Waals surface area contributed by atoms with Gasteiger partial charge >= 0.3 is 0 Å². The first-order valence-electron chi connectivity index (χ1n) is 12.6. The minimum atomic E-state index is -0.783. The maximum absolute atomic E-state index is 6.24. The molecule has 3 aromatic carbocycles. The van der Waals surface area contributed by atoms with Crippen LogP contribution in [-0.2, 0) is 28.3 Å². The van der Waals surface area contributed by atoms with Gasteiger partial charge in [-0.05, 0) is 74.5 Å². The summed E-state index contributed by atoms with van der Waals surface area (Å²) in [5, 5.41) is 0. The highest BCUT2D eigenvalue weighted by Gasteiger charge is 2.11. The average molecular weight is 463 g/mol. The van der Waals surface area contributed by atoms with Crippen molar-refractivity contribution in [2.45, 2.75) is 57.8 Å². The van der Waals surface area contributed by atoms with Crippen LogP contribution in [0.1, 0.15) is 55.2 Å². The van der Waals surface area contributed by atoms with Crippen molar-refractivity contribution in [3.05, 3.63) is 108 Å². The summed E-state index contributed by atoms with van der Waals surface area (Å²) in [6.45, 7) is 1.61. The van der Waals surface area contributed by atoms with Crippen LogP contribution >= 0.6 is 8.38 Å². The highest BCUT2D eigenvalue weighted by atomic mass is 31.2. The summed E-state index contributed by atoms with van der Waals surface area (Å²) in [6.07, 6.45) is 11.3. The van der Waals surface area contributed by atoms with Crippen molar-refractivity contribution in [3.8, 4) is 0 Å². The topological polar surface area (TPSA) is 18.5 Å². The standard InChI is InChI=1S/C30H39O2P/c1-4-16-28(17-5-1)22-10-13-25-31-33(27-15-12-24-30-20-8-3-9-21-30)32-26-14-11-23-29-18-6-2-7-19-29/h1-9,16-21H,10-15,22-27H2. The number of hydrogen-bond acceptors (Lipinski definition) is 2. The van der Waals surface area contributed by atoms with E-state index in [0.29, 0.717) is 0 Å². The highest BCUT2D eigenvalue weighted by molar-refractivity contribution is 7.47. The van der Waals surface area contributed by atoms with E-state index in [1.807, 2.05) is 0 Å². The van der Waals surface area contributed by atoms with E-state index in [9.17, 15) is 0 Å². The number of aryl methyl sites for hydroxylation is 3. The Morgan fingerprint density at radius 2 is 0.788 bits per heavy atom. The molecule has 0 unspecified atom stereocenters. The van der Waals surface area contributed by atoms with Crippen molar-refractivity contribution in [3.63, 3.8) is 0 Å². The van der Waals surface area contributed by atoms with Crippen molar-refractivity contribution in [1.29, 1.82) is 0 Å². The number of rotatable bonds is 17. The van der Waals surface area contributed by atoms with E-state index in [4.69, 9.17) is 9.05 Å². The quantitative estimate of drug-likeness (QED) is 0.148. The summed E-state index contributed by atoms with van der Waals surface area (Å²) in [4.78, 5) is 0. The largest absolute Gasteiger partial charge is 0.334 e. The lowest BCUT2D eigenvalue weighted by Gasteiger charge is -2.18. The van der Waals surface area contributed by atoms with Crippen molar-refractivity contribution >= 4 is 8.38 Å². The van der Waals surface area contributed by atoms with Crippen LogP contribution in [0.5, 0.6) is 0 Å². The molecule has 0 bridgehead atoms. The van der Waals surface area contributed by atoms with E-state index in [1.165, 1.54) is 23.1 Å². The normalized spacial score (nSPS) is 11.2. The van der Waals surface area contributed by atoms with Gasteiger partial charge in [0, 0.05) is 6.16 Å². The van der Waals surface area contributed by atoms with E-state index >= 15 is 0 Å². The Labute approximate surface area is 202 Å². The summed E-state index contributed by atoms with van der Waals surface area (Å²) in [5.41, 5.74) is 4.25. The van der Waals surface area contributed by atoms with E-state index in [1.54, 1.807) is 0 Å². The Morgan fingerprint density at radius 1 is 0.424 bits per heavy atom. The van der Waals surface area contributed by atoms with Crippen LogP contribution in [0.25, 0.3) is 0 Å². The molecule has 0 radical (unpaired) electrons. The molecule has 0 saturated carbocycles. The Bertz CT molecular complexity index is 789. The fraction of sp³-hybridized carbons (Fsp3) is 0.400. The van der Waals surface area contributed by atoms with Crippen molar-refractivity contribution in [2.75, 3.05) is 19.4 Å². The van der Waals surface area contributed by atoms with Crippen LogP contribution in [0.2, 0.25) is 0 Å². The summed E-state index contributed by atoms with van der Waals surface area (Å²) < 4.78 is 12.5. The summed E-state index contributed by atoms with van der Waals surface area (Å²) in [7, 11) is -0.783. The van der Waals surface area contributed by atoms with Crippen LogP contribution in [0.4, 0.5) is 0 Å². The zero-order valence-corrected chi connectivity index (χ0v) is 20.8. The fourth-order valence-corrected chi connectivity index (χ4v) is 5.35. The van der Waals surface area contributed by atoms with Gasteiger partial charge < -0.3 is 9.05 Å². The molecule has 3 rings (SSSR count). The first kappa shape index (κ1) is 25.6. The summed E-state index contributed by atoms with van der Waals surface area (Å²) in [6, 6.07) is 32.2. The third-order valence-corrected chi connectivity index (χ3v) is 7.40. The Morgan fingerprint density at radius 3 is 1.18 bits per heavy atom. The molecule has 2 nitrogen and oxygen atoms in total. The van der Waals surface area contributed by atoms with Gasteiger partial charge in [-0.3, -0.25) is 0 Å². The third-order valence-electron chi connectivity index (χ3n) is 5.77. The molecule has 3 heteroatoms. The third kappa shape index (κ3) is 11.6. The number of hydrogen-bond donors (Lipinski definition) is 0. The van der Waals surface area contributed by atoms with Crippen LogP contribution < -0.4 is 0 Å². The molecule has 0 saturated heterocycles. The first-order chi connectivity index (χ1) is 16.4. The number of benzene rings is 3. The predicted octanol–water partition coefficient (Wildman–Crippen LogP) is 8.40. The van der Waals surface area contributed by atoms with Gasteiger partial charge in [-0.25, -0.2) is 0 Å². The monoisotopic (exact) mass is 462 g/mol. The van der Waals surface area contributed by atoms with Crippen LogP contribution in [0.3, 0.4) is 0 Å². The van der Waals surface area contributed by atoms with E-state index in [2.05, 4.69) is 91.0 Å². The average Bonchev–Trinajstić information content (AvgIpc) is 2.87. The maximum atomic E-state index is 6.24. The molecular weight excluding hydrogens is 423 g/mol. The molecule has 0 aliphatic rings. The van der Waals surface area contributed by atoms with E-state index in [-0.39, 0.29) is 0 Å². The summed E-state index contributed by atoms with van der Waals surface area (Å²) in [5.74, 6) is 0. The first-order valence-corrected chi connectivity index (χ1v) is 13.9. The van der Waals surface area contributed by atoms with E-state index in [0.717, 1.165) is 70.7 Å². The SMILES string of the molecule is c1ccc(CCCCOP(CCCCc2ccccc2)OCCCCc2ccccc2)cc1. The minimum Gasteiger partial charge on any atom is -0.334 e. The fourth-order valence-electron chi connectivity index (χ4n) is 3.87. The van der Waals surface area contributed by atoms with Gasteiger partial charge in [0.15, 0.2) is 8.38 Å². The molecule has 0 atom stereocenters. The number of unbranched alkanes of at least 4 members (excludes halogenated alkanes) is 3. The van der Waals surface area contributed by atoms with Crippen molar-refractivity contribution in [2.24, 2.45) is 0 Å². The molecule has 0 heterocycles. The lowest BCUT2D eigenvalue weighted by atomic mass is 10.1. The van der Waals surface area contributed by atoms with Gasteiger partial charge in [-0.15, -0.1) is 0 Å². The van der Waals surface area contributed by atoms with Crippen LogP contribution in [0.15, 0.2) is 91.0 Å².